The summed E-state index contributed by atoms with van der Waals surface area (Å²) in [6.45, 7) is 6.35. The molecule has 12 heterocycles. The molecule has 24 aromatic rings. The van der Waals surface area contributed by atoms with E-state index in [9.17, 15) is 0 Å². The van der Waals surface area contributed by atoms with Crippen LogP contribution in [0.1, 0.15) is 0 Å². The summed E-state index contributed by atoms with van der Waals surface area (Å²) in [6.07, 6.45) is 15.8. The molecule has 0 atom stereocenters. The normalized spacial score (nSPS) is 13.3. The van der Waals surface area contributed by atoms with E-state index in [-0.39, 0.29) is 63.2 Å². The third-order valence-electron chi connectivity index (χ3n) is 25.2. The predicted molar refractivity (Wildman–Crippen MR) is 528 cm³/mol. The van der Waals surface area contributed by atoms with E-state index in [0.717, 1.165) is 123 Å². The van der Waals surface area contributed by atoms with Crippen molar-refractivity contribution in [3.8, 4) is 39.7 Å². The van der Waals surface area contributed by atoms with Crippen molar-refractivity contribution in [2.24, 2.45) is 0 Å². The molecule has 652 valence electrons. The average molecular weight is 2260 g/mol. The van der Waals surface area contributed by atoms with Gasteiger partial charge in [0.15, 0.2) is 0 Å². The number of nitrogens with zero attached hydrogens (tertiary/aromatic N) is 17. The minimum Gasteiger partial charge on any atom is -0.498 e. The van der Waals surface area contributed by atoms with Gasteiger partial charge in [-0.3, -0.25) is 23.1 Å². The summed E-state index contributed by atoms with van der Waals surface area (Å²) in [7, 11) is 6.29. The molecule has 0 bridgehead atoms. The first-order valence-electron chi connectivity index (χ1n) is 43.3. The number of anilines is 3. The number of aromatic nitrogens is 11. The van der Waals surface area contributed by atoms with Gasteiger partial charge in [0, 0.05) is 162 Å². The van der Waals surface area contributed by atoms with Gasteiger partial charge < -0.3 is 48.1 Å². The fraction of sp³-hybridized carbons (Fsp3) is 0.0265. The van der Waals surface area contributed by atoms with Crippen LogP contribution in [0.4, 0.5) is 17.1 Å². The molecule has 27 rings (SSSR count). The van der Waals surface area contributed by atoms with Crippen molar-refractivity contribution in [2.75, 3.05) is 35.8 Å². The third kappa shape index (κ3) is 14.1. The van der Waals surface area contributed by atoms with E-state index in [0.29, 0.717) is 0 Å². The van der Waals surface area contributed by atoms with Gasteiger partial charge in [-0.2, -0.15) is 60.5 Å². The van der Waals surface area contributed by atoms with E-state index in [1.165, 1.54) is 81.6 Å². The summed E-state index contributed by atoms with van der Waals surface area (Å²) in [6, 6.07) is 141. The van der Waals surface area contributed by atoms with E-state index < -0.39 is 0 Å². The van der Waals surface area contributed by atoms with Gasteiger partial charge in [0.1, 0.15) is 0 Å². The van der Waals surface area contributed by atoms with Gasteiger partial charge in [-0.15, -0.1) is 136 Å². The minimum atomic E-state index is 0. The van der Waals surface area contributed by atoms with Crippen LogP contribution in [0.3, 0.4) is 0 Å². The zero-order valence-corrected chi connectivity index (χ0v) is 78.6. The molecular formula is C113H76N17Pt3-9. The number of benzene rings is 15. The quantitative estimate of drug-likeness (QED) is 0.111. The second kappa shape index (κ2) is 34.2. The maximum atomic E-state index is 4.56. The molecule has 0 N–H and O–H groups in total. The Labute approximate surface area is 809 Å². The SMILES string of the molecule is CN1[CH-]N(c2[c-]c(-n3c4[c-]c(-n5cccn5)ccc4c4ccccc43)ccc2)C=C1n1c2ccccc2c2ccccc21.CN1[CH-]N(c2[c-]c3c(cc2)c2ccccc2n3-c2[c-]c(-c3ccccn3)ccc2)C=C1n1c2ccccc2c2ccccc21.CN1[CH-]N(c2[c-]c3c(cc2)c2ccccc2n3-c2[c-]c(-n3cccn3)ccc2)C=C1n1c2ccccc2c2ccccc21.[Pt].[Pt].[Pt]. The summed E-state index contributed by atoms with van der Waals surface area (Å²) in [5.41, 5.74) is 22.8. The Morgan fingerprint density at radius 3 is 0.827 bits per heavy atom. The monoisotopic (exact) mass is 2260 g/mol. The van der Waals surface area contributed by atoms with Gasteiger partial charge in [-0.05, 0) is 133 Å². The minimum absolute atomic E-state index is 0. The van der Waals surface area contributed by atoms with E-state index in [1.54, 1.807) is 12.4 Å². The summed E-state index contributed by atoms with van der Waals surface area (Å²) < 4.78 is 17.5. The van der Waals surface area contributed by atoms with Crippen LogP contribution in [0, 0.1) is 56.4 Å². The first-order valence-corrected chi connectivity index (χ1v) is 43.3. The number of rotatable bonds is 12. The van der Waals surface area contributed by atoms with Crippen LogP contribution in [-0.2, 0) is 63.2 Å². The van der Waals surface area contributed by atoms with Gasteiger partial charge in [0.2, 0.25) is 0 Å². The molecule has 20 heteroatoms. The Hall–Kier alpha value is -15.2. The van der Waals surface area contributed by atoms with E-state index in [1.807, 2.05) is 64.4 Å². The van der Waals surface area contributed by atoms with Gasteiger partial charge in [-0.1, -0.05) is 204 Å². The van der Waals surface area contributed by atoms with Gasteiger partial charge in [-0.25, -0.2) is 0 Å². The molecule has 17 nitrogen and oxygen atoms in total. The van der Waals surface area contributed by atoms with E-state index in [4.69, 9.17) is 0 Å². The number of hydrogen-bond acceptors (Lipinski definition) is 9. The van der Waals surface area contributed by atoms with Crippen LogP contribution >= 0.6 is 0 Å². The molecular weight excluding hydrogens is 2180 g/mol. The molecule has 0 aliphatic carbocycles. The van der Waals surface area contributed by atoms with Gasteiger partial charge >= 0.3 is 0 Å². The van der Waals surface area contributed by atoms with Crippen LogP contribution in [0.5, 0.6) is 0 Å². The molecule has 3 aliphatic heterocycles. The molecule has 0 fully saturated rings. The van der Waals surface area contributed by atoms with Crippen molar-refractivity contribution in [1.29, 1.82) is 0 Å². The molecule has 0 saturated carbocycles. The van der Waals surface area contributed by atoms with Crippen LogP contribution < -0.4 is 14.7 Å². The zero-order valence-electron chi connectivity index (χ0n) is 71.7. The molecule has 0 saturated heterocycles. The van der Waals surface area contributed by atoms with Crippen molar-refractivity contribution in [3.63, 3.8) is 0 Å². The third-order valence-corrected chi connectivity index (χ3v) is 25.2. The Morgan fingerprint density at radius 2 is 0.489 bits per heavy atom. The Kier molecular flexibility index (Phi) is 21.5. The standard InChI is InChI=1S/C39H26N5.2C37H25N6.3Pt/c1-41-26-42(25-39(41)44-36-18-6-3-13-30(36)31-14-4-7-19-37(31)44)28-20-21-33-32-15-2-5-17-35(32)43(38(33)24-28)29-12-10-11-27(23-29)34-16-8-9-22-40-34;1-39-25-40(24-37(39)43-34-16-6-3-12-29(34)30-13-4-7-17-35(30)43)26-18-19-32-31-14-2-5-15-33(31)42(36(32)23-26)28-11-8-10-27(22-28)41-21-9-20-38-41;1-39-25-40(24-37(39)43-34-16-6-3-12-29(34)30-13-4-7-17-35(30)43)26-10-8-11-28(22-26)42-33-15-5-2-14-31(33)32-19-18-27(23-36(32)42)41-21-9-20-38-41;;;/h2-22,25-26H,1H3;2*2-21,24-25H,1H3;;;/q3*-3;;;. The number of pyridine rings is 1. The number of hydrogen-bond donors (Lipinski definition) is 0. The predicted octanol–water partition coefficient (Wildman–Crippen LogP) is 24.9. The largest absolute Gasteiger partial charge is 0.498 e. The Balaban J connectivity index is 0.000000115. The molecule has 0 radical (unpaired) electrons. The summed E-state index contributed by atoms with van der Waals surface area (Å²) in [4.78, 5) is 17.6. The van der Waals surface area contributed by atoms with Crippen molar-refractivity contribution >= 4 is 165 Å². The van der Waals surface area contributed by atoms with Crippen molar-refractivity contribution in [2.45, 2.75) is 0 Å². The molecule has 133 heavy (non-hydrogen) atoms. The fourth-order valence-corrected chi connectivity index (χ4v) is 19.4. The molecule has 0 spiro atoms. The first-order chi connectivity index (χ1) is 64.2. The maximum Gasteiger partial charge on any atom is 0.0987 e. The molecule has 15 aromatic carbocycles. The summed E-state index contributed by atoms with van der Waals surface area (Å²) >= 11 is 0. The molecule has 0 amide bonds. The average Bonchev–Trinajstić information content (AvgIpc) is 1.59. The second-order valence-electron chi connectivity index (χ2n) is 32.8. The van der Waals surface area contributed by atoms with Gasteiger partial charge in [0.25, 0.3) is 0 Å². The molecule has 0 unspecified atom stereocenters. The van der Waals surface area contributed by atoms with Crippen LogP contribution in [-0.4, -0.2) is 87.8 Å². The van der Waals surface area contributed by atoms with E-state index >= 15 is 0 Å². The van der Waals surface area contributed by atoms with Crippen LogP contribution in [0.25, 0.3) is 188 Å². The second-order valence-corrected chi connectivity index (χ2v) is 32.8. The smallest absolute Gasteiger partial charge is 0.0987 e. The van der Waals surface area contributed by atoms with Crippen molar-refractivity contribution in [3.05, 3.63) is 446 Å². The molecule has 3 aliphatic rings. The number of fused-ring (bicyclic) bond motifs is 18. The zero-order chi connectivity index (χ0) is 86.2. The Morgan fingerprint density at radius 1 is 0.218 bits per heavy atom. The van der Waals surface area contributed by atoms with E-state index in [2.05, 4.69) is 471 Å². The van der Waals surface area contributed by atoms with Crippen LogP contribution in [0.15, 0.2) is 389 Å². The Bertz CT molecular complexity index is 8570. The topological polar surface area (TPSA) is 97.5 Å². The summed E-state index contributed by atoms with van der Waals surface area (Å²) in [5, 5.41) is 23.3. The first kappa shape index (κ1) is 83.4. The van der Waals surface area contributed by atoms with Gasteiger partial charge in [0.05, 0.1) is 50.6 Å². The number of para-hydroxylation sites is 9. The summed E-state index contributed by atoms with van der Waals surface area (Å²) in [5.74, 6) is 3.23. The molecule has 9 aromatic heterocycles. The van der Waals surface area contributed by atoms with Crippen molar-refractivity contribution in [1.82, 2.24) is 66.6 Å². The van der Waals surface area contributed by atoms with Crippen molar-refractivity contribution < 1.29 is 63.2 Å². The maximum absolute atomic E-state index is 4.56. The van der Waals surface area contributed by atoms with Crippen LogP contribution in [0.2, 0.25) is 0 Å². The fourth-order valence-electron chi connectivity index (χ4n) is 19.4.